The van der Waals surface area contributed by atoms with Gasteiger partial charge in [0.05, 0.1) is 6.61 Å². The second kappa shape index (κ2) is 7.44. The summed E-state index contributed by atoms with van der Waals surface area (Å²) < 4.78 is 0. The smallest absolute Gasteiger partial charge is 0.328 e. The number of aliphatic hydroxyl groups is 1. The monoisotopic (exact) mass is 247 g/mol. The van der Waals surface area contributed by atoms with E-state index in [0.717, 1.165) is 0 Å². The summed E-state index contributed by atoms with van der Waals surface area (Å²) in [6.45, 7) is -0.534. The largest absolute Gasteiger partial charge is 0.480 e. The third-order valence-electron chi connectivity index (χ3n) is 2.08. The number of urea groups is 1. The second-order valence-electron chi connectivity index (χ2n) is 3.37. The molecule has 0 aromatic carbocycles. The Morgan fingerprint density at radius 2 is 1.94 bits per heavy atom. The van der Waals surface area contributed by atoms with Crippen molar-refractivity contribution < 1.29 is 24.6 Å². The van der Waals surface area contributed by atoms with Crippen LogP contribution in [-0.2, 0) is 9.59 Å². The molecule has 0 unspecified atom stereocenters. The lowest BCUT2D eigenvalue weighted by atomic mass is 10.3. The molecule has 0 rings (SSSR count). The molecule has 0 aromatic rings. The molecule has 0 spiro atoms. The summed E-state index contributed by atoms with van der Waals surface area (Å²) >= 11 is 0. The van der Waals surface area contributed by atoms with Crippen molar-refractivity contribution in [1.29, 1.82) is 0 Å². The topological polar surface area (TPSA) is 119 Å². The predicted molar refractivity (Wildman–Crippen MR) is 58.4 cm³/mol. The van der Waals surface area contributed by atoms with E-state index in [-0.39, 0.29) is 18.9 Å². The van der Waals surface area contributed by atoms with Gasteiger partial charge >= 0.3 is 12.0 Å². The molecule has 1 atom stereocenters. The van der Waals surface area contributed by atoms with Gasteiger partial charge in [0.1, 0.15) is 0 Å². The van der Waals surface area contributed by atoms with Crippen molar-refractivity contribution >= 4 is 17.9 Å². The lowest BCUT2D eigenvalue weighted by Gasteiger charge is -2.20. The lowest BCUT2D eigenvalue weighted by molar-refractivity contribution is -0.140. The van der Waals surface area contributed by atoms with Crippen molar-refractivity contribution in [3.05, 3.63) is 0 Å². The van der Waals surface area contributed by atoms with Gasteiger partial charge in [-0.3, -0.25) is 4.79 Å². The van der Waals surface area contributed by atoms with Crippen LogP contribution in [0.4, 0.5) is 4.79 Å². The summed E-state index contributed by atoms with van der Waals surface area (Å²) in [5, 5.41) is 21.8. The van der Waals surface area contributed by atoms with Crippen LogP contribution in [0.15, 0.2) is 0 Å². The van der Waals surface area contributed by atoms with Crippen molar-refractivity contribution in [3.63, 3.8) is 0 Å². The highest BCUT2D eigenvalue weighted by Gasteiger charge is 2.20. The molecule has 0 radical (unpaired) electrons. The van der Waals surface area contributed by atoms with Crippen molar-refractivity contribution in [2.24, 2.45) is 0 Å². The number of carbonyl (C=O) groups is 3. The molecule has 4 N–H and O–H groups in total. The zero-order chi connectivity index (χ0) is 13.4. The van der Waals surface area contributed by atoms with Crippen LogP contribution < -0.4 is 10.6 Å². The average Bonchev–Trinajstić information content (AvgIpc) is 2.31. The third kappa shape index (κ3) is 5.71. The number of aliphatic carboxylic acids is 1. The number of carboxylic acids is 1. The molecule has 0 heterocycles. The van der Waals surface area contributed by atoms with Gasteiger partial charge in [-0.05, 0) is 0 Å². The number of rotatable bonds is 6. The van der Waals surface area contributed by atoms with Crippen LogP contribution in [0.2, 0.25) is 0 Å². The molecule has 8 nitrogen and oxygen atoms in total. The zero-order valence-electron chi connectivity index (χ0n) is 9.77. The Labute approximate surface area is 98.6 Å². The molecule has 0 aliphatic carbocycles. The van der Waals surface area contributed by atoms with E-state index in [1.807, 2.05) is 0 Å². The van der Waals surface area contributed by atoms with Gasteiger partial charge in [-0.25, -0.2) is 9.59 Å². The van der Waals surface area contributed by atoms with Gasteiger partial charge in [0.25, 0.3) is 0 Å². The van der Waals surface area contributed by atoms with E-state index in [9.17, 15) is 14.4 Å². The first kappa shape index (κ1) is 15.2. The number of carbonyl (C=O) groups excluding carboxylic acids is 2. The van der Waals surface area contributed by atoms with E-state index in [1.165, 1.54) is 19.0 Å². The number of hydrogen-bond acceptors (Lipinski definition) is 4. The van der Waals surface area contributed by atoms with Gasteiger partial charge in [-0.15, -0.1) is 0 Å². The van der Waals surface area contributed by atoms with Crippen LogP contribution in [0.3, 0.4) is 0 Å². The number of hydrogen-bond donors (Lipinski definition) is 4. The highest BCUT2D eigenvalue weighted by molar-refractivity contribution is 5.83. The Kier molecular flexibility index (Phi) is 6.64. The van der Waals surface area contributed by atoms with Gasteiger partial charge in [-0.2, -0.15) is 0 Å². The van der Waals surface area contributed by atoms with E-state index in [0.29, 0.717) is 0 Å². The third-order valence-corrected chi connectivity index (χ3v) is 2.08. The Bertz CT molecular complexity index is 294. The van der Waals surface area contributed by atoms with Gasteiger partial charge < -0.3 is 25.7 Å². The summed E-state index contributed by atoms with van der Waals surface area (Å²) in [5.41, 5.74) is 0. The van der Waals surface area contributed by atoms with Gasteiger partial charge in [0.2, 0.25) is 5.91 Å². The minimum Gasteiger partial charge on any atom is -0.480 e. The Balaban J connectivity index is 4.12. The number of amides is 3. The minimum absolute atomic E-state index is 0.122. The van der Waals surface area contributed by atoms with E-state index in [4.69, 9.17) is 10.2 Å². The molecule has 0 bridgehead atoms. The highest BCUT2D eigenvalue weighted by Crippen LogP contribution is 1.91. The summed E-state index contributed by atoms with van der Waals surface area (Å²) in [6, 6.07) is -2.00. The van der Waals surface area contributed by atoms with E-state index in [1.54, 1.807) is 0 Å². The number of carboxylic acid groups (broad SMARTS) is 1. The van der Waals surface area contributed by atoms with E-state index in [2.05, 4.69) is 10.6 Å². The Hall–Kier alpha value is -1.83. The summed E-state index contributed by atoms with van der Waals surface area (Å²) in [4.78, 5) is 34.1. The highest BCUT2D eigenvalue weighted by atomic mass is 16.4. The average molecular weight is 247 g/mol. The standard InChI is InChI=1S/C9H17N3O5/c1-10-7(14)3-4-12(2)9(17)11-6(5-13)8(15)16/h6,13H,3-5H2,1-2H3,(H,10,14)(H,11,17)(H,15,16)/t6-/m1/s1. The van der Waals surface area contributed by atoms with Crippen LogP contribution in [0, 0.1) is 0 Å². The number of aliphatic hydroxyl groups excluding tert-OH is 1. The molecule has 0 saturated heterocycles. The molecule has 17 heavy (non-hydrogen) atoms. The van der Waals surface area contributed by atoms with Crippen molar-refractivity contribution in [2.45, 2.75) is 12.5 Å². The maximum absolute atomic E-state index is 11.4. The van der Waals surface area contributed by atoms with E-state index < -0.39 is 24.6 Å². The molecular formula is C9H17N3O5. The van der Waals surface area contributed by atoms with Gasteiger partial charge in [0, 0.05) is 27.1 Å². The summed E-state index contributed by atoms with van der Waals surface area (Å²) in [7, 11) is 2.91. The van der Waals surface area contributed by atoms with Crippen molar-refractivity contribution in [2.75, 3.05) is 27.2 Å². The van der Waals surface area contributed by atoms with Crippen molar-refractivity contribution in [3.8, 4) is 0 Å². The second-order valence-corrected chi connectivity index (χ2v) is 3.37. The molecule has 3 amide bonds. The summed E-state index contributed by atoms with van der Waals surface area (Å²) in [6.07, 6.45) is 0.122. The first-order valence-electron chi connectivity index (χ1n) is 4.98. The van der Waals surface area contributed by atoms with Crippen LogP contribution in [0.1, 0.15) is 6.42 Å². The van der Waals surface area contributed by atoms with Crippen LogP contribution >= 0.6 is 0 Å². The fraction of sp³-hybridized carbons (Fsp3) is 0.667. The van der Waals surface area contributed by atoms with Crippen LogP contribution in [-0.4, -0.2) is 66.3 Å². The Morgan fingerprint density at radius 1 is 1.35 bits per heavy atom. The molecule has 8 heteroatoms. The van der Waals surface area contributed by atoms with Gasteiger partial charge in [0.15, 0.2) is 6.04 Å². The zero-order valence-corrected chi connectivity index (χ0v) is 9.77. The van der Waals surface area contributed by atoms with Gasteiger partial charge in [-0.1, -0.05) is 0 Å². The molecule has 0 saturated carbocycles. The summed E-state index contributed by atoms with van der Waals surface area (Å²) in [5.74, 6) is -1.54. The number of nitrogens with one attached hydrogen (secondary N) is 2. The maximum Gasteiger partial charge on any atom is 0.328 e. The molecule has 0 fully saturated rings. The first-order valence-corrected chi connectivity index (χ1v) is 4.98. The SMILES string of the molecule is CNC(=O)CCN(C)C(=O)N[C@H](CO)C(=O)O. The fourth-order valence-corrected chi connectivity index (χ4v) is 0.941. The van der Waals surface area contributed by atoms with Crippen molar-refractivity contribution in [1.82, 2.24) is 15.5 Å². The van der Waals surface area contributed by atoms with E-state index >= 15 is 0 Å². The van der Waals surface area contributed by atoms with Crippen LogP contribution in [0.5, 0.6) is 0 Å². The lowest BCUT2D eigenvalue weighted by Crippen LogP contribution is -2.48. The Morgan fingerprint density at radius 3 is 2.35 bits per heavy atom. The quantitative estimate of drug-likeness (QED) is 0.442. The molecule has 0 aromatic heterocycles. The molecule has 0 aliphatic heterocycles. The molecule has 0 aliphatic rings. The van der Waals surface area contributed by atoms with Crippen LogP contribution in [0.25, 0.3) is 0 Å². The fourth-order valence-electron chi connectivity index (χ4n) is 0.941. The maximum atomic E-state index is 11.4. The predicted octanol–water partition coefficient (Wildman–Crippen LogP) is -1.79. The normalized spacial score (nSPS) is 11.5. The minimum atomic E-state index is -1.34. The molecule has 98 valence electrons. The number of nitrogens with zero attached hydrogens (tertiary/aromatic N) is 1. The first-order chi connectivity index (χ1) is 7.92. The molecular weight excluding hydrogens is 230 g/mol.